The number of carbonyl (C=O) groups excluding carboxylic acids is 2. The van der Waals surface area contributed by atoms with Gasteiger partial charge in [0.25, 0.3) is 12.4 Å². The Kier molecular flexibility index (Phi) is 7.65. The summed E-state index contributed by atoms with van der Waals surface area (Å²) in [6.07, 6.45) is 6.10. The van der Waals surface area contributed by atoms with Crippen LogP contribution in [-0.4, -0.2) is 50.6 Å². The fourth-order valence-electron chi connectivity index (χ4n) is 3.31. The first-order valence-corrected chi connectivity index (χ1v) is 9.79. The van der Waals surface area contributed by atoms with Gasteiger partial charge < -0.3 is 25.0 Å². The van der Waals surface area contributed by atoms with Gasteiger partial charge in [-0.1, -0.05) is 18.2 Å². The van der Waals surface area contributed by atoms with Gasteiger partial charge in [-0.05, 0) is 36.2 Å². The Bertz CT molecular complexity index is 1050. The van der Waals surface area contributed by atoms with Crippen LogP contribution in [0.2, 0.25) is 0 Å². The van der Waals surface area contributed by atoms with Crippen LogP contribution in [0.25, 0.3) is 5.69 Å². The van der Waals surface area contributed by atoms with Crippen LogP contribution < -0.4 is 10.6 Å². The minimum absolute atomic E-state index is 0.145. The summed E-state index contributed by atoms with van der Waals surface area (Å²) in [6, 6.07) is 10.9. The number of pyridine rings is 1. The van der Waals surface area contributed by atoms with Crippen LogP contribution in [-0.2, 0) is 25.7 Å². The first kappa shape index (κ1) is 22.6. The van der Waals surface area contributed by atoms with Gasteiger partial charge in [-0.2, -0.15) is 0 Å². The maximum Gasteiger partial charge on any atom is 0.290 e. The topological polar surface area (TPSA) is 135 Å². The van der Waals surface area contributed by atoms with Gasteiger partial charge in [0.1, 0.15) is 12.4 Å². The lowest BCUT2D eigenvalue weighted by atomic mass is 10.0. The standard InChI is InChI=1S/C21H21N5O3.CH2O2/c1-14-23-9-10-26(14)17-6-4-15(5-7-17)11-24-21(28)20-19(25-18(27)13-29-20)16-3-2-8-22-12-16;2-1-3/h2-10,12,19-20H,11,13H2,1H3,(H,24,28)(H,25,27);1H,(H,2,3)/t19-,20+;/m1./s1. The molecule has 0 bridgehead atoms. The molecule has 10 nitrogen and oxygen atoms in total. The van der Waals surface area contributed by atoms with E-state index in [9.17, 15) is 9.59 Å². The highest BCUT2D eigenvalue weighted by Crippen LogP contribution is 2.22. The zero-order valence-electron chi connectivity index (χ0n) is 17.3. The Morgan fingerprint density at radius 1 is 1.31 bits per heavy atom. The van der Waals surface area contributed by atoms with Gasteiger partial charge in [-0.3, -0.25) is 19.4 Å². The molecule has 0 aliphatic carbocycles. The predicted molar refractivity (Wildman–Crippen MR) is 114 cm³/mol. The summed E-state index contributed by atoms with van der Waals surface area (Å²) in [4.78, 5) is 41.1. The molecule has 0 saturated carbocycles. The van der Waals surface area contributed by atoms with E-state index in [1.54, 1.807) is 24.7 Å². The van der Waals surface area contributed by atoms with Gasteiger partial charge in [-0.15, -0.1) is 0 Å². The van der Waals surface area contributed by atoms with Crippen molar-refractivity contribution in [2.75, 3.05) is 6.61 Å². The molecule has 1 aromatic carbocycles. The molecule has 4 rings (SSSR count). The number of ether oxygens (including phenoxy) is 1. The Labute approximate surface area is 184 Å². The molecule has 0 unspecified atom stereocenters. The summed E-state index contributed by atoms with van der Waals surface area (Å²) in [5.41, 5.74) is 2.68. The number of aromatic nitrogens is 3. The molecule has 32 heavy (non-hydrogen) atoms. The number of carbonyl (C=O) groups is 3. The third-order valence-electron chi connectivity index (χ3n) is 4.82. The lowest BCUT2D eigenvalue weighted by Crippen LogP contribution is -2.52. The van der Waals surface area contributed by atoms with E-state index in [0.717, 1.165) is 22.6 Å². The summed E-state index contributed by atoms with van der Waals surface area (Å²) >= 11 is 0. The molecule has 1 aliphatic rings. The van der Waals surface area contributed by atoms with Crippen molar-refractivity contribution in [2.24, 2.45) is 0 Å². The summed E-state index contributed by atoms with van der Waals surface area (Å²) in [7, 11) is 0. The van der Waals surface area contributed by atoms with Crippen molar-refractivity contribution >= 4 is 18.3 Å². The van der Waals surface area contributed by atoms with Gasteiger partial charge in [0.2, 0.25) is 5.91 Å². The van der Waals surface area contributed by atoms with E-state index >= 15 is 0 Å². The Morgan fingerprint density at radius 3 is 2.69 bits per heavy atom. The Hall–Kier alpha value is -4.05. The van der Waals surface area contributed by atoms with Crippen LogP contribution in [0.5, 0.6) is 0 Å². The van der Waals surface area contributed by atoms with E-state index in [0.29, 0.717) is 6.54 Å². The zero-order valence-corrected chi connectivity index (χ0v) is 17.3. The number of amides is 2. The molecule has 3 heterocycles. The number of hydrogen-bond donors (Lipinski definition) is 3. The second-order valence-electron chi connectivity index (χ2n) is 6.90. The summed E-state index contributed by atoms with van der Waals surface area (Å²) in [5.74, 6) is 0.366. The van der Waals surface area contributed by atoms with Crippen molar-refractivity contribution in [2.45, 2.75) is 25.6 Å². The average molecular weight is 437 g/mol. The van der Waals surface area contributed by atoms with Gasteiger partial charge in [0.15, 0.2) is 6.10 Å². The monoisotopic (exact) mass is 437 g/mol. The first-order valence-electron chi connectivity index (χ1n) is 9.79. The number of benzene rings is 1. The highest BCUT2D eigenvalue weighted by atomic mass is 16.5. The number of nitrogens with zero attached hydrogens (tertiary/aromatic N) is 3. The average Bonchev–Trinajstić information content (AvgIpc) is 3.24. The normalized spacial score (nSPS) is 17.5. The molecule has 1 fully saturated rings. The predicted octanol–water partition coefficient (Wildman–Crippen LogP) is 1.15. The van der Waals surface area contributed by atoms with Crippen molar-refractivity contribution in [3.8, 4) is 5.69 Å². The molecule has 2 aromatic heterocycles. The molecule has 166 valence electrons. The molecule has 3 aromatic rings. The SMILES string of the molecule is Cc1nccn1-c1ccc(CNC(=O)[C@H]2OCC(=O)N[C@@H]2c2cccnc2)cc1.O=CO. The molecule has 1 saturated heterocycles. The Morgan fingerprint density at radius 2 is 2.06 bits per heavy atom. The minimum atomic E-state index is -0.815. The fourth-order valence-corrected chi connectivity index (χ4v) is 3.31. The quantitative estimate of drug-likeness (QED) is 0.510. The number of morpholine rings is 1. The molecular formula is C22H23N5O5. The van der Waals surface area contributed by atoms with Gasteiger partial charge >= 0.3 is 0 Å². The molecular weight excluding hydrogens is 414 g/mol. The number of nitrogens with one attached hydrogen (secondary N) is 2. The molecule has 0 spiro atoms. The van der Waals surface area contributed by atoms with Crippen LogP contribution >= 0.6 is 0 Å². The fraction of sp³-hybridized carbons (Fsp3) is 0.227. The summed E-state index contributed by atoms with van der Waals surface area (Å²) in [5, 5.41) is 12.6. The number of aryl methyl sites for hydroxylation is 1. The molecule has 3 N–H and O–H groups in total. The van der Waals surface area contributed by atoms with Crippen molar-refractivity contribution in [1.82, 2.24) is 25.2 Å². The lowest BCUT2D eigenvalue weighted by Gasteiger charge is -2.31. The second kappa shape index (κ2) is 10.8. The van der Waals surface area contributed by atoms with E-state index in [-0.39, 0.29) is 24.9 Å². The molecule has 2 amide bonds. The largest absolute Gasteiger partial charge is 0.483 e. The van der Waals surface area contributed by atoms with Crippen LogP contribution in [0.4, 0.5) is 0 Å². The van der Waals surface area contributed by atoms with Crippen molar-refractivity contribution in [3.63, 3.8) is 0 Å². The number of rotatable bonds is 5. The zero-order chi connectivity index (χ0) is 22.9. The van der Waals surface area contributed by atoms with Crippen molar-refractivity contribution in [3.05, 3.63) is 78.1 Å². The molecule has 10 heteroatoms. The molecule has 0 radical (unpaired) electrons. The van der Waals surface area contributed by atoms with Crippen molar-refractivity contribution in [1.29, 1.82) is 0 Å². The van der Waals surface area contributed by atoms with Gasteiger partial charge in [0.05, 0.1) is 6.04 Å². The Balaban J connectivity index is 0.000000913. The molecule has 2 atom stereocenters. The minimum Gasteiger partial charge on any atom is -0.483 e. The summed E-state index contributed by atoms with van der Waals surface area (Å²) < 4.78 is 7.51. The van der Waals surface area contributed by atoms with Crippen LogP contribution in [0.1, 0.15) is 23.0 Å². The smallest absolute Gasteiger partial charge is 0.290 e. The third kappa shape index (κ3) is 5.55. The number of imidazole rings is 1. The van der Waals surface area contributed by atoms with E-state index in [1.165, 1.54) is 0 Å². The van der Waals surface area contributed by atoms with E-state index in [2.05, 4.69) is 20.6 Å². The number of hydrogen-bond acceptors (Lipinski definition) is 6. The van der Waals surface area contributed by atoms with E-state index in [4.69, 9.17) is 14.6 Å². The molecule has 1 aliphatic heterocycles. The van der Waals surface area contributed by atoms with Gasteiger partial charge in [0, 0.05) is 37.0 Å². The van der Waals surface area contributed by atoms with Crippen LogP contribution in [0, 0.1) is 6.92 Å². The maximum atomic E-state index is 12.7. The highest BCUT2D eigenvalue weighted by Gasteiger charge is 2.36. The second-order valence-corrected chi connectivity index (χ2v) is 6.90. The van der Waals surface area contributed by atoms with Crippen LogP contribution in [0.15, 0.2) is 61.2 Å². The van der Waals surface area contributed by atoms with E-state index < -0.39 is 12.1 Å². The highest BCUT2D eigenvalue weighted by molar-refractivity contribution is 5.86. The van der Waals surface area contributed by atoms with Crippen LogP contribution in [0.3, 0.4) is 0 Å². The van der Waals surface area contributed by atoms with E-state index in [1.807, 2.05) is 48.0 Å². The number of carboxylic acid groups (broad SMARTS) is 1. The third-order valence-corrected chi connectivity index (χ3v) is 4.82. The van der Waals surface area contributed by atoms with Crippen molar-refractivity contribution < 1.29 is 24.2 Å². The summed E-state index contributed by atoms with van der Waals surface area (Å²) in [6.45, 7) is 1.90. The first-order chi connectivity index (χ1) is 15.5. The maximum absolute atomic E-state index is 12.7. The van der Waals surface area contributed by atoms with Gasteiger partial charge in [-0.25, -0.2) is 4.98 Å². The lowest BCUT2D eigenvalue weighted by molar-refractivity contribution is -0.148.